The first kappa shape index (κ1) is 25.2. The monoisotopic (exact) mass is 526 g/mol. The molecule has 38 heavy (non-hydrogen) atoms. The Balaban J connectivity index is 1.42. The molecule has 2 aromatic carbocycles. The number of rotatable bonds is 8. The highest BCUT2D eigenvalue weighted by Gasteiger charge is 2.41. The van der Waals surface area contributed by atoms with Crippen molar-refractivity contribution in [3.63, 3.8) is 0 Å². The summed E-state index contributed by atoms with van der Waals surface area (Å²) in [7, 11) is 0. The number of carbonyl (C=O) groups excluding carboxylic acids is 1. The first-order valence-corrected chi connectivity index (χ1v) is 12.6. The third kappa shape index (κ3) is 5.28. The van der Waals surface area contributed by atoms with Crippen molar-refractivity contribution in [1.82, 2.24) is 15.2 Å². The number of nitrogens with zero attached hydrogens (tertiary/aromatic N) is 2. The van der Waals surface area contributed by atoms with E-state index in [-0.39, 0.29) is 23.9 Å². The van der Waals surface area contributed by atoms with Gasteiger partial charge in [0.05, 0.1) is 17.3 Å². The third-order valence-corrected chi connectivity index (χ3v) is 6.81. The molecular formula is C29H26N4O4S. The van der Waals surface area contributed by atoms with Gasteiger partial charge in [0.15, 0.2) is 5.11 Å². The molecule has 0 bridgehead atoms. The van der Waals surface area contributed by atoms with Gasteiger partial charge in [0.2, 0.25) is 5.91 Å². The standard InChI is InChI=1S/C29H26N4O4S/c1-18-9-11-19(12-10-18)31-25(34)15-17-33-27(26(32-29(33)38)22-8-4-5-16-30-22)24-14-13-23(37-24)20-6-2-3-7-21(20)28(35)36/h2-14,16,26-27H,15,17H2,1H3,(H,31,34)(H,32,38)(H,35,36)/t26-,27-/m0/s1. The molecule has 1 saturated heterocycles. The van der Waals surface area contributed by atoms with Crippen LogP contribution in [0, 0.1) is 6.92 Å². The van der Waals surface area contributed by atoms with Gasteiger partial charge in [-0.2, -0.15) is 0 Å². The van der Waals surface area contributed by atoms with E-state index in [0.29, 0.717) is 28.7 Å². The van der Waals surface area contributed by atoms with Crippen LogP contribution in [-0.4, -0.2) is 38.5 Å². The maximum Gasteiger partial charge on any atom is 0.336 e. The fraction of sp³-hybridized carbons (Fsp3) is 0.172. The van der Waals surface area contributed by atoms with E-state index in [2.05, 4.69) is 15.6 Å². The number of thiocarbonyl (C=S) groups is 1. The summed E-state index contributed by atoms with van der Waals surface area (Å²) in [5.74, 6) is -0.142. The molecule has 1 amide bonds. The second-order valence-corrected chi connectivity index (χ2v) is 9.42. The van der Waals surface area contributed by atoms with Gasteiger partial charge in [-0.1, -0.05) is 42.0 Å². The zero-order valence-corrected chi connectivity index (χ0v) is 21.4. The first-order valence-electron chi connectivity index (χ1n) is 12.2. The maximum atomic E-state index is 12.8. The van der Waals surface area contributed by atoms with E-state index in [4.69, 9.17) is 16.6 Å². The molecule has 3 N–H and O–H groups in total. The number of furan rings is 1. The van der Waals surface area contributed by atoms with Crippen LogP contribution in [0.2, 0.25) is 0 Å². The number of amides is 1. The Kier molecular flexibility index (Phi) is 7.19. The number of anilines is 1. The van der Waals surface area contributed by atoms with Crippen molar-refractivity contribution in [2.75, 3.05) is 11.9 Å². The number of nitrogens with one attached hydrogen (secondary N) is 2. The summed E-state index contributed by atoms with van der Waals surface area (Å²) in [6.45, 7) is 2.34. The number of aromatic nitrogens is 1. The van der Waals surface area contributed by atoms with Gasteiger partial charge in [-0.15, -0.1) is 0 Å². The Morgan fingerprint density at radius 1 is 1.05 bits per heavy atom. The number of aromatic carboxylic acids is 1. The second-order valence-electron chi connectivity index (χ2n) is 9.04. The Morgan fingerprint density at radius 3 is 2.55 bits per heavy atom. The summed E-state index contributed by atoms with van der Waals surface area (Å²) in [6.07, 6.45) is 1.92. The van der Waals surface area contributed by atoms with Crippen LogP contribution in [0.1, 0.15) is 45.9 Å². The maximum absolute atomic E-state index is 12.8. The molecule has 0 aliphatic carbocycles. The first-order chi connectivity index (χ1) is 18.4. The third-order valence-electron chi connectivity index (χ3n) is 6.45. The average Bonchev–Trinajstić information content (AvgIpc) is 3.53. The van der Waals surface area contributed by atoms with E-state index >= 15 is 0 Å². The number of pyridine rings is 1. The van der Waals surface area contributed by atoms with E-state index in [1.165, 1.54) is 0 Å². The lowest BCUT2D eigenvalue weighted by molar-refractivity contribution is -0.116. The van der Waals surface area contributed by atoms with Gasteiger partial charge >= 0.3 is 5.97 Å². The normalized spacial score (nSPS) is 16.8. The lowest BCUT2D eigenvalue weighted by Crippen LogP contribution is -2.32. The number of carbonyl (C=O) groups is 2. The molecule has 0 spiro atoms. The molecule has 1 aliphatic heterocycles. The molecule has 2 atom stereocenters. The molecule has 2 aromatic heterocycles. The van der Waals surface area contributed by atoms with Crippen LogP contribution < -0.4 is 10.6 Å². The molecule has 8 nitrogen and oxygen atoms in total. The van der Waals surface area contributed by atoms with Crippen LogP contribution in [-0.2, 0) is 4.79 Å². The predicted molar refractivity (Wildman–Crippen MR) is 148 cm³/mol. The van der Waals surface area contributed by atoms with Gasteiger partial charge in [-0.3, -0.25) is 9.78 Å². The fourth-order valence-corrected chi connectivity index (χ4v) is 4.91. The second kappa shape index (κ2) is 10.9. The van der Waals surface area contributed by atoms with Crippen LogP contribution in [0.4, 0.5) is 5.69 Å². The SMILES string of the molecule is Cc1ccc(NC(=O)CCN2C(=S)N[C@@H](c3ccccn3)[C@@H]2c2ccc(-c3ccccc3C(=O)O)o2)cc1. The Hall–Kier alpha value is -4.50. The lowest BCUT2D eigenvalue weighted by Gasteiger charge is -2.25. The number of carboxylic acid groups (broad SMARTS) is 1. The largest absolute Gasteiger partial charge is 0.478 e. The Labute approximate surface area is 225 Å². The highest BCUT2D eigenvalue weighted by molar-refractivity contribution is 7.80. The number of aryl methyl sites for hydroxylation is 1. The van der Waals surface area contributed by atoms with E-state index in [1.54, 1.807) is 36.5 Å². The smallest absolute Gasteiger partial charge is 0.336 e. The van der Waals surface area contributed by atoms with Crippen molar-refractivity contribution in [2.24, 2.45) is 0 Å². The van der Waals surface area contributed by atoms with Crippen LogP contribution >= 0.6 is 12.2 Å². The van der Waals surface area contributed by atoms with Crippen LogP contribution in [0.15, 0.2) is 89.5 Å². The minimum Gasteiger partial charge on any atom is -0.478 e. The molecule has 3 heterocycles. The van der Waals surface area contributed by atoms with E-state index in [1.807, 2.05) is 60.4 Å². The topological polar surface area (TPSA) is 108 Å². The van der Waals surface area contributed by atoms with Crippen molar-refractivity contribution in [1.29, 1.82) is 0 Å². The molecule has 5 rings (SSSR count). The number of carboxylic acids is 1. The molecular weight excluding hydrogens is 500 g/mol. The lowest BCUT2D eigenvalue weighted by atomic mass is 10.0. The molecule has 0 radical (unpaired) electrons. The molecule has 0 saturated carbocycles. The molecule has 9 heteroatoms. The van der Waals surface area contributed by atoms with Crippen molar-refractivity contribution in [2.45, 2.75) is 25.4 Å². The quantitative estimate of drug-likeness (QED) is 0.264. The van der Waals surface area contributed by atoms with Crippen LogP contribution in [0.5, 0.6) is 0 Å². The van der Waals surface area contributed by atoms with E-state index in [9.17, 15) is 14.7 Å². The number of hydrogen-bond donors (Lipinski definition) is 3. The highest BCUT2D eigenvalue weighted by atomic mass is 32.1. The summed E-state index contributed by atoms with van der Waals surface area (Å²) in [5.41, 5.74) is 3.26. The Morgan fingerprint density at radius 2 is 1.82 bits per heavy atom. The van der Waals surface area contributed by atoms with E-state index < -0.39 is 12.0 Å². The van der Waals surface area contributed by atoms with Crippen LogP contribution in [0.3, 0.4) is 0 Å². The number of benzene rings is 2. The highest BCUT2D eigenvalue weighted by Crippen LogP contribution is 2.40. The van der Waals surface area contributed by atoms with Gasteiger partial charge in [-0.25, -0.2) is 4.79 Å². The van der Waals surface area contributed by atoms with Gasteiger partial charge in [-0.05, 0) is 61.6 Å². The minimum absolute atomic E-state index is 0.132. The average molecular weight is 527 g/mol. The fourth-order valence-electron chi connectivity index (χ4n) is 4.58. The summed E-state index contributed by atoms with van der Waals surface area (Å²) >= 11 is 5.68. The zero-order chi connectivity index (χ0) is 26.6. The van der Waals surface area contributed by atoms with Gasteiger partial charge in [0.25, 0.3) is 0 Å². The molecule has 4 aromatic rings. The Bertz CT molecular complexity index is 1470. The van der Waals surface area contributed by atoms with Gasteiger partial charge < -0.3 is 25.1 Å². The number of hydrogen-bond acceptors (Lipinski definition) is 5. The minimum atomic E-state index is -1.03. The summed E-state index contributed by atoms with van der Waals surface area (Å²) in [4.78, 5) is 31.0. The zero-order valence-electron chi connectivity index (χ0n) is 20.6. The van der Waals surface area contributed by atoms with E-state index in [0.717, 1.165) is 16.9 Å². The van der Waals surface area contributed by atoms with Crippen LogP contribution in [0.25, 0.3) is 11.3 Å². The molecule has 0 unspecified atom stereocenters. The van der Waals surface area contributed by atoms with Crippen molar-refractivity contribution in [3.8, 4) is 11.3 Å². The summed E-state index contributed by atoms with van der Waals surface area (Å²) in [5, 5.41) is 16.4. The van der Waals surface area contributed by atoms with Gasteiger partial charge in [0.1, 0.15) is 17.6 Å². The molecule has 1 fully saturated rings. The predicted octanol–water partition coefficient (Wildman–Crippen LogP) is 5.35. The molecule has 1 aliphatic rings. The summed E-state index contributed by atoms with van der Waals surface area (Å²) < 4.78 is 6.26. The van der Waals surface area contributed by atoms with Crippen molar-refractivity contribution >= 4 is 34.9 Å². The van der Waals surface area contributed by atoms with Crippen molar-refractivity contribution < 1.29 is 19.1 Å². The molecule has 192 valence electrons. The summed E-state index contributed by atoms with van der Waals surface area (Å²) in [6, 6.07) is 22.8. The van der Waals surface area contributed by atoms with Crippen molar-refractivity contribution in [3.05, 3.63) is 108 Å². The van der Waals surface area contributed by atoms with Gasteiger partial charge in [0, 0.05) is 30.4 Å².